The van der Waals surface area contributed by atoms with Gasteiger partial charge >= 0.3 is 0 Å². The van der Waals surface area contributed by atoms with Crippen molar-refractivity contribution in [1.29, 1.82) is 0 Å². The highest BCUT2D eigenvalue weighted by Crippen LogP contribution is 2.33. The van der Waals surface area contributed by atoms with E-state index in [0.717, 1.165) is 43.5 Å². The predicted molar refractivity (Wildman–Crippen MR) is 147 cm³/mol. The van der Waals surface area contributed by atoms with Crippen LogP contribution < -0.4 is 5.73 Å². The molecule has 7 nitrogen and oxygen atoms in total. The predicted octanol–water partition coefficient (Wildman–Crippen LogP) is 5.66. The quantitative estimate of drug-likeness (QED) is 0.232. The molecule has 0 aliphatic carbocycles. The Bertz CT molecular complexity index is 1350. The Morgan fingerprint density at radius 2 is 1.77 bits per heavy atom. The van der Waals surface area contributed by atoms with Gasteiger partial charge in [-0.15, -0.1) is 10.2 Å². The minimum atomic E-state index is -0.419. The number of hydrogen-bond donors (Lipinski definition) is 1. The van der Waals surface area contributed by atoms with E-state index >= 15 is 0 Å². The lowest BCUT2D eigenvalue weighted by Crippen LogP contribution is -2.27. The number of nitrogen functional groups attached to an aromatic ring is 1. The van der Waals surface area contributed by atoms with Gasteiger partial charge in [-0.05, 0) is 79.4 Å². The first kappa shape index (κ1) is 28.1. The number of rotatable bonds is 8. The molecule has 204 valence electrons. The van der Waals surface area contributed by atoms with Gasteiger partial charge in [-0.1, -0.05) is 19.1 Å². The van der Waals surface area contributed by atoms with Gasteiger partial charge in [-0.3, -0.25) is 4.90 Å². The number of aromatic nitrogens is 3. The van der Waals surface area contributed by atoms with E-state index in [9.17, 15) is 13.6 Å². The highest BCUT2D eigenvalue weighted by Gasteiger charge is 2.32. The second-order valence-corrected chi connectivity index (χ2v) is 9.42. The van der Waals surface area contributed by atoms with Gasteiger partial charge in [-0.2, -0.15) is 4.80 Å². The molecule has 1 aliphatic heterocycles. The van der Waals surface area contributed by atoms with Crippen LogP contribution in [0.2, 0.25) is 0 Å². The van der Waals surface area contributed by atoms with Crippen LogP contribution >= 0.6 is 0 Å². The van der Waals surface area contributed by atoms with E-state index in [0.29, 0.717) is 35.7 Å². The molecule has 9 heteroatoms. The summed E-state index contributed by atoms with van der Waals surface area (Å²) in [5.41, 5.74) is 10.9. The summed E-state index contributed by atoms with van der Waals surface area (Å²) in [6, 6.07) is 18.6. The van der Waals surface area contributed by atoms with Gasteiger partial charge in [0.05, 0.1) is 12.3 Å². The van der Waals surface area contributed by atoms with E-state index in [2.05, 4.69) is 10.00 Å². The first-order chi connectivity index (χ1) is 18.9. The third kappa shape index (κ3) is 7.34. The summed E-state index contributed by atoms with van der Waals surface area (Å²) in [4.78, 5) is 13.0. The highest BCUT2D eigenvalue weighted by molar-refractivity contribution is 5.62. The Kier molecular flexibility index (Phi) is 9.51. The molecule has 1 aliphatic rings. The van der Waals surface area contributed by atoms with Crippen molar-refractivity contribution in [3.8, 4) is 16.9 Å². The van der Waals surface area contributed by atoms with E-state index in [1.165, 1.54) is 34.6 Å². The number of benzene rings is 3. The molecular weight excluding hydrogens is 500 g/mol. The maximum absolute atomic E-state index is 14.1. The Morgan fingerprint density at radius 3 is 2.41 bits per heavy atom. The van der Waals surface area contributed by atoms with Crippen LogP contribution in [0, 0.1) is 18.6 Å². The van der Waals surface area contributed by atoms with Crippen LogP contribution in [0.15, 0.2) is 66.7 Å². The van der Waals surface area contributed by atoms with E-state index in [1.807, 2.05) is 44.2 Å². The van der Waals surface area contributed by atoms with Crippen molar-refractivity contribution >= 4 is 12.0 Å². The van der Waals surface area contributed by atoms with Gasteiger partial charge in [0.2, 0.25) is 0 Å². The Labute approximate surface area is 227 Å². The molecular formula is C30H33F2N5O2. The second-order valence-electron chi connectivity index (χ2n) is 9.42. The summed E-state index contributed by atoms with van der Waals surface area (Å²) in [7, 11) is 0. The van der Waals surface area contributed by atoms with Crippen molar-refractivity contribution in [3.63, 3.8) is 0 Å². The molecule has 0 bridgehead atoms. The van der Waals surface area contributed by atoms with Crippen LogP contribution in [-0.2, 0) is 16.0 Å². The molecule has 1 fully saturated rings. The molecule has 5 rings (SSSR count). The molecule has 1 saturated heterocycles. The zero-order valence-electron chi connectivity index (χ0n) is 22.2. The Hall–Kier alpha value is -3.95. The number of unbranched alkanes of at least 4 members (excludes halogenated alkanes) is 1. The fourth-order valence-electron chi connectivity index (χ4n) is 4.31. The molecule has 0 saturated carbocycles. The number of carbonyl (C=O) groups is 1. The minimum Gasteiger partial charge on any atom is -0.399 e. The number of aldehydes is 1. The maximum atomic E-state index is 14.1. The molecule has 2 heterocycles. The monoisotopic (exact) mass is 533 g/mol. The largest absolute Gasteiger partial charge is 0.399 e. The van der Waals surface area contributed by atoms with Crippen LogP contribution in [0.5, 0.6) is 0 Å². The molecule has 0 radical (unpaired) electrons. The van der Waals surface area contributed by atoms with Crippen molar-refractivity contribution in [2.45, 2.75) is 39.3 Å². The van der Waals surface area contributed by atoms with Crippen LogP contribution in [0.1, 0.15) is 42.8 Å². The summed E-state index contributed by atoms with van der Waals surface area (Å²) in [5.74, 6) is -0.694. The van der Waals surface area contributed by atoms with E-state index < -0.39 is 6.23 Å². The number of aryl methyl sites for hydroxylation is 1. The van der Waals surface area contributed by atoms with E-state index in [1.54, 1.807) is 12.1 Å². The van der Waals surface area contributed by atoms with Crippen LogP contribution in [0.4, 0.5) is 14.5 Å². The second kappa shape index (κ2) is 13.2. The molecule has 0 amide bonds. The fourth-order valence-corrected chi connectivity index (χ4v) is 4.31. The molecule has 2 N–H and O–H groups in total. The number of halogens is 2. The molecule has 4 aromatic rings. The third-order valence-corrected chi connectivity index (χ3v) is 6.31. The van der Waals surface area contributed by atoms with Crippen molar-refractivity contribution in [2.24, 2.45) is 0 Å². The number of ether oxygens (including phenoxy) is 1. The third-order valence-electron chi connectivity index (χ3n) is 6.31. The van der Waals surface area contributed by atoms with Gasteiger partial charge in [0.1, 0.15) is 29.3 Å². The van der Waals surface area contributed by atoms with Gasteiger partial charge in [0, 0.05) is 36.8 Å². The molecule has 1 atom stereocenters. The zero-order chi connectivity index (χ0) is 27.8. The molecule has 0 spiro atoms. The first-order valence-electron chi connectivity index (χ1n) is 13.0. The van der Waals surface area contributed by atoms with Crippen molar-refractivity contribution in [2.75, 3.05) is 25.4 Å². The first-order valence-corrected chi connectivity index (χ1v) is 13.0. The SMILES string of the molecule is CCCC=O.Cc1cc(F)cc(-n2nc(-c3ccc(F)cc3)c(C3OCCN3CCc3ccc(N)cc3)n2)c1. The summed E-state index contributed by atoms with van der Waals surface area (Å²) in [6.45, 7) is 5.85. The maximum Gasteiger partial charge on any atom is 0.158 e. The number of hydrogen-bond acceptors (Lipinski definition) is 6. The summed E-state index contributed by atoms with van der Waals surface area (Å²) < 4.78 is 33.8. The molecule has 39 heavy (non-hydrogen) atoms. The lowest BCUT2D eigenvalue weighted by Gasteiger charge is -2.22. The number of nitrogens with two attached hydrogens (primary N) is 1. The average molecular weight is 534 g/mol. The number of carbonyl (C=O) groups excluding carboxylic acids is 1. The van der Waals surface area contributed by atoms with Gasteiger partial charge < -0.3 is 15.3 Å². The summed E-state index contributed by atoms with van der Waals surface area (Å²) >= 11 is 0. The Morgan fingerprint density at radius 1 is 1.03 bits per heavy atom. The highest BCUT2D eigenvalue weighted by atomic mass is 19.1. The number of nitrogens with zero attached hydrogens (tertiary/aromatic N) is 4. The van der Waals surface area contributed by atoms with Crippen LogP contribution in [-0.4, -0.2) is 45.9 Å². The smallest absolute Gasteiger partial charge is 0.158 e. The molecule has 1 unspecified atom stereocenters. The summed E-state index contributed by atoms with van der Waals surface area (Å²) in [5, 5.41) is 9.39. The lowest BCUT2D eigenvalue weighted by molar-refractivity contribution is -0.107. The van der Waals surface area contributed by atoms with Gasteiger partial charge in [-0.25, -0.2) is 8.78 Å². The van der Waals surface area contributed by atoms with Crippen molar-refractivity contribution < 1.29 is 18.3 Å². The van der Waals surface area contributed by atoms with Crippen molar-refractivity contribution in [1.82, 2.24) is 19.9 Å². The van der Waals surface area contributed by atoms with Gasteiger partial charge in [0.25, 0.3) is 0 Å². The number of anilines is 1. The lowest BCUT2D eigenvalue weighted by atomic mass is 10.1. The topological polar surface area (TPSA) is 86.3 Å². The average Bonchev–Trinajstić information content (AvgIpc) is 3.56. The van der Waals surface area contributed by atoms with E-state index in [-0.39, 0.29) is 11.6 Å². The van der Waals surface area contributed by atoms with Crippen LogP contribution in [0.25, 0.3) is 16.9 Å². The van der Waals surface area contributed by atoms with Crippen LogP contribution in [0.3, 0.4) is 0 Å². The van der Waals surface area contributed by atoms with E-state index in [4.69, 9.17) is 15.6 Å². The molecule has 3 aromatic carbocycles. The fraction of sp³-hybridized carbons (Fsp3) is 0.300. The van der Waals surface area contributed by atoms with Gasteiger partial charge in [0.15, 0.2) is 6.23 Å². The van der Waals surface area contributed by atoms with Crippen molar-refractivity contribution in [3.05, 3.63) is 95.2 Å². The normalized spacial score (nSPS) is 15.1. The minimum absolute atomic E-state index is 0.333. The zero-order valence-corrected chi connectivity index (χ0v) is 22.2. The molecule has 1 aromatic heterocycles. The Balaban J connectivity index is 0.000000648. The summed E-state index contributed by atoms with van der Waals surface area (Å²) in [6.07, 6.45) is 3.02. The standard InChI is InChI=1S/C26H25F2N5O.C4H8O/c1-17-14-21(28)16-23(15-17)33-30-24(19-4-6-20(27)7-5-19)25(31-33)26-32(12-13-34-26)11-10-18-2-8-22(29)9-3-18;1-2-3-4-5/h2-9,14-16,26H,10-13,29H2,1H3;4H,2-3H2,1H3.